The van der Waals surface area contributed by atoms with Gasteiger partial charge >= 0.3 is 0 Å². The van der Waals surface area contributed by atoms with Crippen LogP contribution in [0.4, 0.5) is 4.39 Å². The molecule has 1 aromatic rings. The lowest BCUT2D eigenvalue weighted by Crippen LogP contribution is -2.49. The maximum atomic E-state index is 13.7. The van der Waals surface area contributed by atoms with Crippen LogP contribution in [0.1, 0.15) is 31.2 Å². The number of nitrogens with zero attached hydrogens (tertiary/aromatic N) is 1. The monoisotopic (exact) mass is 283 g/mol. The number of Topliss-reactive ketones (excluding diaryl/α,β-unsaturated/α-hetero) is 1. The summed E-state index contributed by atoms with van der Waals surface area (Å²) in [6.45, 7) is 0. The van der Waals surface area contributed by atoms with Gasteiger partial charge in [0.05, 0.1) is 5.54 Å². The molecule has 19 heavy (non-hydrogen) atoms. The van der Waals surface area contributed by atoms with E-state index in [9.17, 15) is 9.18 Å². The fourth-order valence-corrected chi connectivity index (χ4v) is 3.15. The molecule has 0 aliphatic heterocycles. The molecule has 1 aromatic carbocycles. The van der Waals surface area contributed by atoms with Crippen molar-refractivity contribution in [1.82, 2.24) is 4.90 Å². The normalized spacial score (nSPS) is 17.9. The molecule has 2 nitrogen and oxygen atoms in total. The predicted molar refractivity (Wildman–Crippen MR) is 75.0 cm³/mol. The Balaban J connectivity index is 2.22. The molecule has 0 heterocycles. The second-order valence-electron chi connectivity index (χ2n) is 5.47. The fraction of sp³-hybridized carbons (Fsp3) is 0.533. The van der Waals surface area contributed by atoms with Gasteiger partial charge in [0.25, 0.3) is 0 Å². The Hall–Kier alpha value is -0.930. The molecular weight excluding hydrogens is 265 g/mol. The number of rotatable bonds is 4. The number of ketones is 1. The molecule has 1 saturated carbocycles. The van der Waals surface area contributed by atoms with E-state index in [2.05, 4.69) is 0 Å². The van der Waals surface area contributed by atoms with Crippen molar-refractivity contribution in [3.8, 4) is 0 Å². The van der Waals surface area contributed by atoms with Gasteiger partial charge in [0, 0.05) is 11.4 Å². The number of benzene rings is 1. The molecule has 0 unspecified atom stereocenters. The Morgan fingerprint density at radius 3 is 2.58 bits per heavy atom. The highest BCUT2D eigenvalue weighted by Gasteiger charge is 2.42. The molecule has 0 amide bonds. The Bertz CT molecular complexity index is 481. The first-order valence-electron chi connectivity index (χ1n) is 6.60. The smallest absolute Gasteiger partial charge is 0.157 e. The van der Waals surface area contributed by atoms with E-state index < -0.39 is 5.54 Å². The van der Waals surface area contributed by atoms with E-state index in [1.807, 2.05) is 19.0 Å². The molecule has 0 radical (unpaired) electrons. The number of carbonyl (C=O) groups excluding carboxylic acids is 1. The molecule has 1 aliphatic carbocycles. The summed E-state index contributed by atoms with van der Waals surface area (Å²) in [5.41, 5.74) is -0.0278. The van der Waals surface area contributed by atoms with E-state index in [1.165, 1.54) is 12.1 Å². The van der Waals surface area contributed by atoms with Crippen LogP contribution in [0.25, 0.3) is 0 Å². The quantitative estimate of drug-likeness (QED) is 0.843. The maximum Gasteiger partial charge on any atom is 0.157 e. The van der Waals surface area contributed by atoms with Crippen molar-refractivity contribution in [2.75, 3.05) is 14.1 Å². The van der Waals surface area contributed by atoms with E-state index in [1.54, 1.807) is 6.07 Å². The first kappa shape index (κ1) is 14.5. The Morgan fingerprint density at radius 1 is 1.37 bits per heavy atom. The average molecular weight is 284 g/mol. The third-order valence-electron chi connectivity index (χ3n) is 4.16. The highest BCUT2D eigenvalue weighted by Crippen LogP contribution is 2.35. The van der Waals surface area contributed by atoms with Gasteiger partial charge < -0.3 is 0 Å². The topological polar surface area (TPSA) is 20.3 Å². The van der Waals surface area contributed by atoms with Crippen LogP contribution in [0.5, 0.6) is 0 Å². The third kappa shape index (κ3) is 2.82. The predicted octanol–water partition coefficient (Wildman–Crippen LogP) is 3.47. The van der Waals surface area contributed by atoms with E-state index in [0.29, 0.717) is 10.6 Å². The van der Waals surface area contributed by atoms with Gasteiger partial charge in [0.15, 0.2) is 5.78 Å². The van der Waals surface area contributed by atoms with Crippen molar-refractivity contribution in [3.05, 3.63) is 34.6 Å². The molecule has 2 rings (SSSR count). The lowest BCUT2D eigenvalue weighted by molar-refractivity contribution is -0.128. The molecule has 4 heteroatoms. The molecule has 1 fully saturated rings. The summed E-state index contributed by atoms with van der Waals surface area (Å²) in [6, 6.07) is 4.37. The van der Waals surface area contributed by atoms with Gasteiger partial charge in [-0.25, -0.2) is 4.39 Å². The number of likely N-dealkylation sites (N-methyl/N-ethyl adjacent to an activating group) is 1. The lowest BCUT2D eigenvalue weighted by Gasteiger charge is -2.34. The van der Waals surface area contributed by atoms with Gasteiger partial charge in [0.2, 0.25) is 0 Å². The minimum atomic E-state index is -0.422. The zero-order valence-electron chi connectivity index (χ0n) is 11.4. The van der Waals surface area contributed by atoms with E-state index in [-0.39, 0.29) is 18.0 Å². The molecule has 0 atom stereocenters. The van der Waals surface area contributed by atoms with E-state index in [0.717, 1.165) is 25.7 Å². The Kier molecular flexibility index (Phi) is 4.26. The Labute approximate surface area is 118 Å². The second-order valence-corrected chi connectivity index (χ2v) is 5.91. The van der Waals surface area contributed by atoms with Crippen molar-refractivity contribution in [3.63, 3.8) is 0 Å². The van der Waals surface area contributed by atoms with Crippen LogP contribution >= 0.6 is 11.6 Å². The van der Waals surface area contributed by atoms with Crippen LogP contribution in [0.2, 0.25) is 5.02 Å². The third-order valence-corrected chi connectivity index (χ3v) is 4.40. The lowest BCUT2D eigenvalue weighted by atomic mass is 9.87. The molecule has 0 bridgehead atoms. The summed E-state index contributed by atoms with van der Waals surface area (Å²) < 4.78 is 13.7. The summed E-state index contributed by atoms with van der Waals surface area (Å²) in [5.74, 6) is -0.263. The average Bonchev–Trinajstić information content (AvgIpc) is 2.84. The highest BCUT2D eigenvalue weighted by molar-refractivity contribution is 6.30. The zero-order valence-corrected chi connectivity index (χ0v) is 12.1. The number of halogens is 2. The van der Waals surface area contributed by atoms with E-state index in [4.69, 9.17) is 11.6 Å². The van der Waals surface area contributed by atoms with Gasteiger partial charge in [-0.1, -0.05) is 24.4 Å². The number of hydrogen-bond donors (Lipinski definition) is 0. The molecule has 1 aliphatic rings. The SMILES string of the molecule is CN(C)C1(C(=O)Cc2cc(Cl)ccc2F)CCCC1. The minimum Gasteiger partial charge on any atom is -0.297 e. The van der Waals surface area contributed by atoms with Gasteiger partial charge in [0.1, 0.15) is 5.82 Å². The van der Waals surface area contributed by atoms with Crippen molar-refractivity contribution >= 4 is 17.4 Å². The molecule has 0 saturated heterocycles. The fourth-order valence-electron chi connectivity index (χ4n) is 2.95. The van der Waals surface area contributed by atoms with Crippen LogP contribution in [0, 0.1) is 5.82 Å². The van der Waals surface area contributed by atoms with Crippen LogP contribution in [-0.2, 0) is 11.2 Å². The largest absolute Gasteiger partial charge is 0.297 e. The van der Waals surface area contributed by atoms with E-state index >= 15 is 0 Å². The first-order chi connectivity index (χ1) is 8.95. The summed E-state index contributed by atoms with van der Waals surface area (Å²) in [4.78, 5) is 14.6. The van der Waals surface area contributed by atoms with Crippen molar-refractivity contribution in [1.29, 1.82) is 0 Å². The van der Waals surface area contributed by atoms with Crippen LogP contribution in [0.15, 0.2) is 18.2 Å². The number of carbonyl (C=O) groups is 1. The standard InChI is InChI=1S/C15H19ClFNO/c1-18(2)15(7-3-4-8-15)14(19)10-11-9-12(16)5-6-13(11)17/h5-6,9H,3-4,7-8,10H2,1-2H3. The summed E-state index contributed by atoms with van der Waals surface area (Å²) in [7, 11) is 3.86. The summed E-state index contributed by atoms with van der Waals surface area (Å²) in [6.07, 6.45) is 3.95. The second kappa shape index (κ2) is 5.59. The van der Waals surface area contributed by atoms with Gasteiger partial charge in [-0.15, -0.1) is 0 Å². The summed E-state index contributed by atoms with van der Waals surface area (Å²) >= 11 is 5.87. The molecule has 0 spiro atoms. The summed E-state index contributed by atoms with van der Waals surface area (Å²) in [5, 5.41) is 0.467. The first-order valence-corrected chi connectivity index (χ1v) is 6.98. The van der Waals surface area contributed by atoms with Crippen molar-refractivity contribution in [2.45, 2.75) is 37.6 Å². The van der Waals surface area contributed by atoms with Crippen LogP contribution in [-0.4, -0.2) is 30.3 Å². The molecule has 104 valence electrons. The zero-order chi connectivity index (χ0) is 14.0. The van der Waals surface area contributed by atoms with Crippen molar-refractivity contribution in [2.24, 2.45) is 0 Å². The van der Waals surface area contributed by atoms with Crippen LogP contribution < -0.4 is 0 Å². The van der Waals surface area contributed by atoms with Crippen molar-refractivity contribution < 1.29 is 9.18 Å². The van der Waals surface area contributed by atoms with Gasteiger partial charge in [-0.2, -0.15) is 0 Å². The van der Waals surface area contributed by atoms with Gasteiger partial charge in [-0.05, 0) is 50.7 Å². The van der Waals surface area contributed by atoms with Gasteiger partial charge in [-0.3, -0.25) is 9.69 Å². The molecular formula is C15H19ClFNO. The number of hydrogen-bond acceptors (Lipinski definition) is 2. The Morgan fingerprint density at radius 2 is 2.00 bits per heavy atom. The highest BCUT2D eigenvalue weighted by atomic mass is 35.5. The molecule has 0 aromatic heterocycles. The maximum absolute atomic E-state index is 13.7. The van der Waals surface area contributed by atoms with Crippen LogP contribution in [0.3, 0.4) is 0 Å². The minimum absolute atomic E-state index is 0.0937. The molecule has 0 N–H and O–H groups in total.